The van der Waals surface area contributed by atoms with Gasteiger partial charge in [-0.15, -0.1) is 5.10 Å². The zero-order valence-electron chi connectivity index (χ0n) is 18.2. The Labute approximate surface area is 180 Å². The molecule has 9 nitrogen and oxygen atoms in total. The molecule has 4 rings (SSSR count). The summed E-state index contributed by atoms with van der Waals surface area (Å²) in [6, 6.07) is 9.08. The minimum Gasteiger partial charge on any atom is -0.353 e. The molecule has 0 radical (unpaired) electrons. The van der Waals surface area contributed by atoms with Crippen LogP contribution in [0.2, 0.25) is 0 Å². The molecule has 162 valence electrons. The maximum atomic E-state index is 12.7. The second-order valence-electron chi connectivity index (χ2n) is 8.13. The molecule has 2 aromatic heterocycles. The lowest BCUT2D eigenvalue weighted by Gasteiger charge is -2.35. The first-order chi connectivity index (χ1) is 14.9. The van der Waals surface area contributed by atoms with Crippen molar-refractivity contribution in [3.63, 3.8) is 0 Å². The number of hydrogen-bond acceptors (Lipinski definition) is 7. The molecule has 1 amide bonds. The summed E-state index contributed by atoms with van der Waals surface area (Å²) in [5.74, 6) is 2.04. The highest BCUT2D eigenvalue weighted by Crippen LogP contribution is 2.19. The van der Waals surface area contributed by atoms with Crippen LogP contribution >= 0.6 is 0 Å². The average Bonchev–Trinajstić information content (AvgIpc) is 2.78. The van der Waals surface area contributed by atoms with Gasteiger partial charge in [0.15, 0.2) is 0 Å². The standard InChI is InChI=1S/C22H27N7O2/c1-15(2)21-23-16(3)14-19(24-21)27-10-12-28(13-11-27)20(30)8-9-29-22(31)17-6-4-5-7-18(17)25-26-29/h4-7,14-15H,8-13H2,1-3H3. The summed E-state index contributed by atoms with van der Waals surface area (Å²) >= 11 is 0. The molecule has 0 saturated carbocycles. The number of anilines is 1. The summed E-state index contributed by atoms with van der Waals surface area (Å²) in [7, 11) is 0. The Morgan fingerprint density at radius 2 is 1.84 bits per heavy atom. The van der Waals surface area contributed by atoms with E-state index in [2.05, 4.69) is 34.0 Å². The molecule has 3 heterocycles. The minimum atomic E-state index is -0.219. The van der Waals surface area contributed by atoms with Crippen molar-refractivity contribution in [1.29, 1.82) is 0 Å². The van der Waals surface area contributed by atoms with Crippen LogP contribution in [0.15, 0.2) is 35.1 Å². The molecule has 3 aromatic rings. The van der Waals surface area contributed by atoms with E-state index in [9.17, 15) is 9.59 Å². The van der Waals surface area contributed by atoms with Gasteiger partial charge < -0.3 is 9.80 Å². The van der Waals surface area contributed by atoms with E-state index in [1.165, 1.54) is 4.68 Å². The molecule has 0 N–H and O–H groups in total. The smallest absolute Gasteiger partial charge is 0.277 e. The van der Waals surface area contributed by atoms with Gasteiger partial charge in [-0.05, 0) is 19.1 Å². The third kappa shape index (κ3) is 4.55. The van der Waals surface area contributed by atoms with Crippen LogP contribution in [0.5, 0.6) is 0 Å². The van der Waals surface area contributed by atoms with E-state index in [1.807, 2.05) is 24.0 Å². The molecule has 0 spiro atoms. The average molecular weight is 422 g/mol. The van der Waals surface area contributed by atoms with Crippen LogP contribution in [0, 0.1) is 6.92 Å². The fourth-order valence-electron chi connectivity index (χ4n) is 3.71. The summed E-state index contributed by atoms with van der Waals surface area (Å²) in [6.07, 6.45) is 0.219. The third-order valence-electron chi connectivity index (χ3n) is 5.50. The van der Waals surface area contributed by atoms with Gasteiger partial charge in [-0.3, -0.25) is 9.59 Å². The molecule has 1 aromatic carbocycles. The number of aryl methyl sites for hydroxylation is 2. The first kappa shape index (κ1) is 20.9. The van der Waals surface area contributed by atoms with Gasteiger partial charge in [-0.2, -0.15) is 0 Å². The first-order valence-corrected chi connectivity index (χ1v) is 10.6. The Hall–Kier alpha value is -3.36. The van der Waals surface area contributed by atoms with Gasteiger partial charge in [-0.25, -0.2) is 14.6 Å². The molecular formula is C22H27N7O2. The van der Waals surface area contributed by atoms with Gasteiger partial charge in [0.25, 0.3) is 5.56 Å². The number of nitrogens with zero attached hydrogens (tertiary/aromatic N) is 7. The number of amides is 1. The second-order valence-corrected chi connectivity index (χ2v) is 8.13. The predicted octanol–water partition coefficient (Wildman–Crippen LogP) is 1.75. The molecule has 1 fully saturated rings. The predicted molar refractivity (Wildman–Crippen MR) is 118 cm³/mol. The van der Waals surface area contributed by atoms with Crippen LogP contribution in [-0.4, -0.2) is 61.9 Å². The number of rotatable bonds is 5. The van der Waals surface area contributed by atoms with Crippen molar-refractivity contribution in [1.82, 2.24) is 29.9 Å². The molecule has 9 heteroatoms. The van der Waals surface area contributed by atoms with E-state index >= 15 is 0 Å². The van der Waals surface area contributed by atoms with E-state index < -0.39 is 0 Å². The number of hydrogen-bond donors (Lipinski definition) is 0. The summed E-state index contributed by atoms with van der Waals surface area (Å²) in [5.41, 5.74) is 1.30. The van der Waals surface area contributed by atoms with Crippen LogP contribution in [0.4, 0.5) is 5.82 Å². The van der Waals surface area contributed by atoms with Crippen molar-refractivity contribution in [3.8, 4) is 0 Å². The van der Waals surface area contributed by atoms with Crippen LogP contribution in [0.1, 0.15) is 37.7 Å². The number of fused-ring (bicyclic) bond motifs is 1. The van der Waals surface area contributed by atoms with Crippen molar-refractivity contribution >= 4 is 22.6 Å². The number of carbonyl (C=O) groups is 1. The molecule has 0 bridgehead atoms. The quantitative estimate of drug-likeness (QED) is 0.619. The highest BCUT2D eigenvalue weighted by Gasteiger charge is 2.23. The van der Waals surface area contributed by atoms with Crippen LogP contribution in [-0.2, 0) is 11.3 Å². The van der Waals surface area contributed by atoms with Gasteiger partial charge in [0, 0.05) is 50.3 Å². The lowest BCUT2D eigenvalue weighted by Crippen LogP contribution is -2.49. The summed E-state index contributed by atoms with van der Waals surface area (Å²) in [6.45, 7) is 9.05. The Balaban J connectivity index is 1.36. The monoisotopic (exact) mass is 421 g/mol. The highest BCUT2D eigenvalue weighted by atomic mass is 16.2. The van der Waals surface area contributed by atoms with Gasteiger partial charge in [0.05, 0.1) is 11.9 Å². The molecule has 1 aliphatic rings. The van der Waals surface area contributed by atoms with Crippen molar-refractivity contribution in [3.05, 3.63) is 52.2 Å². The zero-order valence-corrected chi connectivity index (χ0v) is 18.2. The van der Waals surface area contributed by atoms with Crippen LogP contribution in [0.3, 0.4) is 0 Å². The van der Waals surface area contributed by atoms with Crippen molar-refractivity contribution in [2.45, 2.75) is 39.7 Å². The van der Waals surface area contributed by atoms with Gasteiger partial charge in [0.2, 0.25) is 5.91 Å². The Morgan fingerprint density at radius 3 is 2.58 bits per heavy atom. The van der Waals surface area contributed by atoms with E-state index in [1.54, 1.807) is 18.2 Å². The fraction of sp³-hybridized carbons (Fsp3) is 0.455. The van der Waals surface area contributed by atoms with Gasteiger partial charge in [-0.1, -0.05) is 31.2 Å². The Bertz CT molecular complexity index is 1150. The molecule has 1 aliphatic heterocycles. The largest absolute Gasteiger partial charge is 0.353 e. The summed E-state index contributed by atoms with van der Waals surface area (Å²) < 4.78 is 1.27. The lowest BCUT2D eigenvalue weighted by atomic mass is 10.2. The van der Waals surface area contributed by atoms with Crippen molar-refractivity contribution in [2.24, 2.45) is 0 Å². The van der Waals surface area contributed by atoms with E-state index in [-0.39, 0.29) is 30.3 Å². The van der Waals surface area contributed by atoms with E-state index in [4.69, 9.17) is 4.98 Å². The van der Waals surface area contributed by atoms with E-state index in [0.29, 0.717) is 24.0 Å². The molecule has 0 atom stereocenters. The first-order valence-electron chi connectivity index (χ1n) is 10.6. The number of carbonyl (C=O) groups excluding carboxylic acids is 1. The van der Waals surface area contributed by atoms with Crippen LogP contribution in [0.25, 0.3) is 10.9 Å². The number of piperazine rings is 1. The number of benzene rings is 1. The molecule has 1 saturated heterocycles. The van der Waals surface area contributed by atoms with E-state index in [0.717, 1.165) is 30.4 Å². The zero-order chi connectivity index (χ0) is 22.0. The third-order valence-corrected chi connectivity index (χ3v) is 5.50. The van der Waals surface area contributed by atoms with Crippen molar-refractivity contribution < 1.29 is 4.79 Å². The minimum absolute atomic E-state index is 0.0169. The Morgan fingerprint density at radius 1 is 1.10 bits per heavy atom. The molecule has 31 heavy (non-hydrogen) atoms. The molecule has 0 aliphatic carbocycles. The maximum Gasteiger partial charge on any atom is 0.277 e. The fourth-order valence-corrected chi connectivity index (χ4v) is 3.71. The number of aromatic nitrogens is 5. The van der Waals surface area contributed by atoms with Gasteiger partial charge in [0.1, 0.15) is 17.2 Å². The normalized spacial score (nSPS) is 14.5. The summed E-state index contributed by atoms with van der Waals surface area (Å²) in [5, 5.41) is 8.55. The second kappa shape index (κ2) is 8.79. The highest BCUT2D eigenvalue weighted by molar-refractivity contribution is 5.77. The van der Waals surface area contributed by atoms with Crippen LogP contribution < -0.4 is 10.5 Å². The summed E-state index contributed by atoms with van der Waals surface area (Å²) in [4.78, 5) is 38.5. The Kier molecular flexibility index (Phi) is 5.92. The molecular weight excluding hydrogens is 394 g/mol. The maximum absolute atomic E-state index is 12.7. The lowest BCUT2D eigenvalue weighted by molar-refractivity contribution is -0.131. The topological polar surface area (TPSA) is 97.1 Å². The van der Waals surface area contributed by atoms with Crippen molar-refractivity contribution in [2.75, 3.05) is 31.1 Å². The van der Waals surface area contributed by atoms with Gasteiger partial charge >= 0.3 is 0 Å². The SMILES string of the molecule is Cc1cc(N2CCN(C(=O)CCn3nnc4ccccc4c3=O)CC2)nc(C(C)C)n1. The molecule has 0 unspecified atom stereocenters.